The molecule has 2 heterocycles. The van der Waals surface area contributed by atoms with Gasteiger partial charge in [-0.05, 0) is 69.5 Å². The molecule has 3 heteroatoms. The van der Waals surface area contributed by atoms with Crippen molar-refractivity contribution in [2.24, 2.45) is 17.8 Å². The highest BCUT2D eigenvalue weighted by molar-refractivity contribution is 5.76. The summed E-state index contributed by atoms with van der Waals surface area (Å²) in [4.78, 5) is 17.0. The zero-order valence-electron chi connectivity index (χ0n) is 15.0. The fraction of sp³-hybridized carbons (Fsp3) is 0.947. The van der Waals surface area contributed by atoms with E-state index < -0.39 is 0 Å². The Balaban J connectivity index is 1.58. The highest BCUT2D eigenvalue weighted by Crippen LogP contribution is 2.25. The van der Waals surface area contributed by atoms with Crippen LogP contribution in [0.2, 0.25) is 0 Å². The van der Waals surface area contributed by atoms with Crippen molar-refractivity contribution >= 4 is 5.91 Å². The van der Waals surface area contributed by atoms with Crippen molar-refractivity contribution in [1.82, 2.24) is 9.80 Å². The minimum atomic E-state index is 0.394. The van der Waals surface area contributed by atoms with E-state index in [0.29, 0.717) is 5.91 Å². The number of likely N-dealkylation sites (tertiary alicyclic amines) is 2. The van der Waals surface area contributed by atoms with Crippen LogP contribution in [0.3, 0.4) is 0 Å². The molecule has 0 aromatic rings. The van der Waals surface area contributed by atoms with E-state index in [1.165, 1.54) is 45.2 Å². The molecular weight excluding hydrogens is 272 g/mol. The van der Waals surface area contributed by atoms with Gasteiger partial charge in [0, 0.05) is 19.5 Å². The van der Waals surface area contributed by atoms with Crippen LogP contribution in [-0.4, -0.2) is 48.4 Å². The Hall–Kier alpha value is -0.570. The van der Waals surface area contributed by atoms with Crippen molar-refractivity contribution in [3.05, 3.63) is 0 Å². The first-order chi connectivity index (χ1) is 10.6. The normalized spacial score (nSPS) is 22.5. The molecule has 0 aromatic heterocycles. The van der Waals surface area contributed by atoms with Crippen LogP contribution >= 0.6 is 0 Å². The molecule has 2 rings (SSSR count). The van der Waals surface area contributed by atoms with Gasteiger partial charge in [-0.3, -0.25) is 4.79 Å². The van der Waals surface area contributed by atoms with Crippen LogP contribution < -0.4 is 0 Å². The lowest BCUT2D eigenvalue weighted by molar-refractivity contribution is -0.133. The molecule has 0 atom stereocenters. The van der Waals surface area contributed by atoms with Crippen molar-refractivity contribution in [1.29, 1.82) is 0 Å². The predicted octanol–water partition coefficient (Wildman–Crippen LogP) is 3.78. The molecule has 2 saturated heterocycles. The molecule has 2 aliphatic rings. The second-order valence-electron chi connectivity index (χ2n) is 7.76. The Morgan fingerprint density at radius 3 is 2.23 bits per heavy atom. The average Bonchev–Trinajstić information content (AvgIpc) is 2.55. The van der Waals surface area contributed by atoms with Crippen LogP contribution in [0.5, 0.6) is 0 Å². The molecule has 3 nitrogen and oxygen atoms in total. The first kappa shape index (κ1) is 17.8. The van der Waals surface area contributed by atoms with Crippen molar-refractivity contribution in [3.63, 3.8) is 0 Å². The van der Waals surface area contributed by atoms with Crippen molar-refractivity contribution in [3.8, 4) is 0 Å². The van der Waals surface area contributed by atoms with Gasteiger partial charge < -0.3 is 9.80 Å². The zero-order chi connectivity index (χ0) is 15.9. The number of nitrogens with zero attached hydrogens (tertiary/aromatic N) is 2. The fourth-order valence-electron chi connectivity index (χ4n) is 4.05. The Morgan fingerprint density at radius 1 is 1.05 bits per heavy atom. The number of rotatable bonds is 6. The van der Waals surface area contributed by atoms with Crippen molar-refractivity contribution < 1.29 is 4.79 Å². The van der Waals surface area contributed by atoms with Gasteiger partial charge in [-0.15, -0.1) is 0 Å². The molecule has 1 amide bonds. The van der Waals surface area contributed by atoms with Gasteiger partial charge >= 0.3 is 0 Å². The first-order valence-corrected chi connectivity index (χ1v) is 9.60. The van der Waals surface area contributed by atoms with Crippen LogP contribution in [-0.2, 0) is 4.79 Å². The first-order valence-electron chi connectivity index (χ1n) is 9.60. The van der Waals surface area contributed by atoms with Gasteiger partial charge in [-0.2, -0.15) is 0 Å². The second kappa shape index (κ2) is 8.90. The van der Waals surface area contributed by atoms with Gasteiger partial charge in [0.15, 0.2) is 0 Å². The van der Waals surface area contributed by atoms with E-state index in [2.05, 4.69) is 30.6 Å². The third kappa shape index (κ3) is 5.26. The minimum Gasteiger partial charge on any atom is -0.343 e. The molecule has 0 N–H and O–H groups in total. The standard InChI is InChI=1S/C19H36N2O/c1-4-17-7-12-20(13-8-17)11-5-6-19(22)21-14-9-18(10-15-21)16(2)3/h16-18H,4-15H2,1-3H3. The van der Waals surface area contributed by atoms with E-state index in [4.69, 9.17) is 0 Å². The summed E-state index contributed by atoms with van der Waals surface area (Å²) in [6, 6.07) is 0. The Kier molecular flexibility index (Phi) is 7.20. The van der Waals surface area contributed by atoms with Gasteiger partial charge in [0.05, 0.1) is 0 Å². The van der Waals surface area contributed by atoms with E-state index in [9.17, 15) is 4.79 Å². The zero-order valence-corrected chi connectivity index (χ0v) is 15.0. The van der Waals surface area contributed by atoms with Crippen LogP contribution in [0.25, 0.3) is 0 Å². The quantitative estimate of drug-likeness (QED) is 0.745. The van der Waals surface area contributed by atoms with Crippen LogP contribution in [0.15, 0.2) is 0 Å². The molecule has 128 valence electrons. The Labute approximate surface area is 137 Å². The van der Waals surface area contributed by atoms with Crippen molar-refractivity contribution in [2.45, 2.75) is 65.7 Å². The highest BCUT2D eigenvalue weighted by atomic mass is 16.2. The molecule has 22 heavy (non-hydrogen) atoms. The van der Waals surface area contributed by atoms with E-state index in [0.717, 1.165) is 50.2 Å². The van der Waals surface area contributed by atoms with Gasteiger partial charge in [-0.1, -0.05) is 27.2 Å². The van der Waals surface area contributed by atoms with Crippen LogP contribution in [0.1, 0.15) is 65.7 Å². The molecule has 0 saturated carbocycles. The number of hydrogen-bond donors (Lipinski definition) is 0. The van der Waals surface area contributed by atoms with E-state index in [1.807, 2.05) is 0 Å². The number of hydrogen-bond acceptors (Lipinski definition) is 2. The van der Waals surface area contributed by atoms with E-state index in [1.54, 1.807) is 0 Å². The van der Waals surface area contributed by atoms with Gasteiger partial charge in [0.25, 0.3) is 0 Å². The van der Waals surface area contributed by atoms with Gasteiger partial charge in [0.2, 0.25) is 5.91 Å². The Morgan fingerprint density at radius 2 is 1.68 bits per heavy atom. The lowest BCUT2D eigenvalue weighted by Gasteiger charge is -2.34. The minimum absolute atomic E-state index is 0.394. The molecule has 0 unspecified atom stereocenters. The maximum atomic E-state index is 12.3. The molecule has 2 fully saturated rings. The SMILES string of the molecule is CCC1CCN(CCCC(=O)N2CCC(C(C)C)CC2)CC1. The number of carbonyl (C=O) groups is 1. The number of piperidine rings is 2. The van der Waals surface area contributed by atoms with E-state index >= 15 is 0 Å². The molecule has 0 radical (unpaired) electrons. The fourth-order valence-corrected chi connectivity index (χ4v) is 4.05. The third-order valence-electron chi connectivity index (χ3n) is 5.98. The van der Waals surface area contributed by atoms with Crippen LogP contribution in [0, 0.1) is 17.8 Å². The lowest BCUT2D eigenvalue weighted by atomic mass is 9.86. The summed E-state index contributed by atoms with van der Waals surface area (Å²) in [7, 11) is 0. The van der Waals surface area contributed by atoms with Crippen molar-refractivity contribution in [2.75, 3.05) is 32.7 Å². The highest BCUT2D eigenvalue weighted by Gasteiger charge is 2.24. The summed E-state index contributed by atoms with van der Waals surface area (Å²) in [5, 5.41) is 0. The summed E-state index contributed by atoms with van der Waals surface area (Å²) in [6.45, 7) is 12.5. The maximum Gasteiger partial charge on any atom is 0.222 e. The number of amides is 1. The topological polar surface area (TPSA) is 23.6 Å². The van der Waals surface area contributed by atoms with Crippen LogP contribution in [0.4, 0.5) is 0 Å². The van der Waals surface area contributed by atoms with E-state index in [-0.39, 0.29) is 0 Å². The smallest absolute Gasteiger partial charge is 0.222 e. The second-order valence-corrected chi connectivity index (χ2v) is 7.76. The molecule has 0 spiro atoms. The summed E-state index contributed by atoms with van der Waals surface area (Å²) >= 11 is 0. The number of carbonyl (C=O) groups excluding carboxylic acids is 1. The molecule has 0 aromatic carbocycles. The molecular formula is C19H36N2O. The lowest BCUT2D eigenvalue weighted by Crippen LogP contribution is -2.40. The predicted molar refractivity (Wildman–Crippen MR) is 92.8 cm³/mol. The third-order valence-corrected chi connectivity index (χ3v) is 5.98. The Bertz CT molecular complexity index is 326. The maximum absolute atomic E-state index is 12.3. The summed E-state index contributed by atoms with van der Waals surface area (Å²) in [5.74, 6) is 2.93. The summed E-state index contributed by atoms with van der Waals surface area (Å²) in [5.41, 5.74) is 0. The monoisotopic (exact) mass is 308 g/mol. The summed E-state index contributed by atoms with van der Waals surface area (Å²) in [6.07, 6.45) is 8.24. The molecule has 0 aliphatic carbocycles. The molecule has 0 bridgehead atoms. The van der Waals surface area contributed by atoms with Gasteiger partial charge in [0.1, 0.15) is 0 Å². The largest absolute Gasteiger partial charge is 0.343 e. The summed E-state index contributed by atoms with van der Waals surface area (Å²) < 4.78 is 0. The average molecular weight is 309 g/mol. The molecule has 2 aliphatic heterocycles. The van der Waals surface area contributed by atoms with Gasteiger partial charge in [-0.25, -0.2) is 0 Å².